The molecule has 0 radical (unpaired) electrons. The third kappa shape index (κ3) is 3.53. The van der Waals surface area contributed by atoms with Gasteiger partial charge in [0.05, 0.1) is 17.8 Å². The van der Waals surface area contributed by atoms with Crippen LogP contribution >= 0.6 is 0 Å². The zero-order chi connectivity index (χ0) is 14.4. The van der Waals surface area contributed by atoms with E-state index in [1.165, 1.54) is 6.21 Å². The normalized spacial score (nSPS) is 10.2. The Morgan fingerprint density at radius 1 is 1.25 bits per heavy atom. The van der Waals surface area contributed by atoms with Crippen LogP contribution in [-0.4, -0.2) is 12.1 Å². The fourth-order valence-corrected chi connectivity index (χ4v) is 1.66. The molecular formula is C16H13N3O. The van der Waals surface area contributed by atoms with Gasteiger partial charge in [-0.3, -0.25) is 4.79 Å². The average Bonchev–Trinajstić information content (AvgIpc) is 2.48. The minimum atomic E-state index is -0.251. The van der Waals surface area contributed by atoms with Gasteiger partial charge in [0.15, 0.2) is 0 Å². The molecule has 0 unspecified atom stereocenters. The first-order chi connectivity index (χ1) is 9.69. The van der Waals surface area contributed by atoms with Gasteiger partial charge in [0.25, 0.3) is 5.91 Å². The summed E-state index contributed by atoms with van der Waals surface area (Å²) in [5.41, 5.74) is 5.46. The highest BCUT2D eigenvalue weighted by molar-refractivity contribution is 5.95. The van der Waals surface area contributed by atoms with Crippen LogP contribution in [0.2, 0.25) is 0 Å². The number of hydrazone groups is 1. The lowest BCUT2D eigenvalue weighted by Crippen LogP contribution is -2.17. The first kappa shape index (κ1) is 13.5. The summed E-state index contributed by atoms with van der Waals surface area (Å²) in [4.78, 5) is 11.8. The Morgan fingerprint density at radius 3 is 2.65 bits per heavy atom. The van der Waals surface area contributed by atoms with Crippen LogP contribution in [0.4, 0.5) is 0 Å². The second-order valence-electron chi connectivity index (χ2n) is 4.30. The van der Waals surface area contributed by atoms with Crippen LogP contribution in [0.3, 0.4) is 0 Å². The van der Waals surface area contributed by atoms with Gasteiger partial charge in [-0.15, -0.1) is 0 Å². The average molecular weight is 263 g/mol. The molecule has 0 saturated carbocycles. The topological polar surface area (TPSA) is 65.2 Å². The lowest BCUT2D eigenvalue weighted by atomic mass is 10.1. The maximum atomic E-state index is 11.8. The van der Waals surface area contributed by atoms with Gasteiger partial charge in [0.1, 0.15) is 0 Å². The lowest BCUT2D eigenvalue weighted by Gasteiger charge is -2.00. The van der Waals surface area contributed by atoms with Crippen molar-refractivity contribution in [3.8, 4) is 6.07 Å². The van der Waals surface area contributed by atoms with Gasteiger partial charge in [0.2, 0.25) is 0 Å². The van der Waals surface area contributed by atoms with Crippen LogP contribution in [-0.2, 0) is 0 Å². The summed E-state index contributed by atoms with van der Waals surface area (Å²) in [7, 11) is 0. The van der Waals surface area contributed by atoms with Crippen molar-refractivity contribution < 1.29 is 4.79 Å². The van der Waals surface area contributed by atoms with Crippen molar-refractivity contribution in [2.75, 3.05) is 0 Å². The van der Waals surface area contributed by atoms with Crippen molar-refractivity contribution >= 4 is 12.1 Å². The highest BCUT2D eigenvalue weighted by Gasteiger charge is 2.02. The van der Waals surface area contributed by atoms with Crippen LogP contribution in [0.15, 0.2) is 53.6 Å². The summed E-state index contributed by atoms with van der Waals surface area (Å²) in [5, 5.41) is 12.6. The molecule has 1 N–H and O–H groups in total. The zero-order valence-electron chi connectivity index (χ0n) is 11.0. The first-order valence-electron chi connectivity index (χ1n) is 6.09. The molecule has 0 heterocycles. The molecule has 0 aromatic heterocycles. The van der Waals surface area contributed by atoms with Crippen molar-refractivity contribution in [2.24, 2.45) is 5.10 Å². The van der Waals surface area contributed by atoms with Gasteiger partial charge in [-0.2, -0.15) is 10.4 Å². The van der Waals surface area contributed by atoms with Gasteiger partial charge in [-0.05, 0) is 36.8 Å². The van der Waals surface area contributed by atoms with E-state index in [1.54, 1.807) is 36.4 Å². The fourth-order valence-electron chi connectivity index (χ4n) is 1.66. The van der Waals surface area contributed by atoms with E-state index in [1.807, 2.05) is 25.1 Å². The molecule has 0 aliphatic carbocycles. The van der Waals surface area contributed by atoms with Crippen LogP contribution in [0.25, 0.3) is 0 Å². The highest BCUT2D eigenvalue weighted by atomic mass is 16.2. The van der Waals surface area contributed by atoms with E-state index >= 15 is 0 Å². The van der Waals surface area contributed by atoms with E-state index in [4.69, 9.17) is 5.26 Å². The number of carbonyl (C=O) groups excluding carboxylic acids is 1. The van der Waals surface area contributed by atoms with Gasteiger partial charge in [-0.25, -0.2) is 5.43 Å². The monoisotopic (exact) mass is 263 g/mol. The van der Waals surface area contributed by atoms with Crippen molar-refractivity contribution in [1.29, 1.82) is 5.26 Å². The van der Waals surface area contributed by atoms with Crippen molar-refractivity contribution in [2.45, 2.75) is 6.92 Å². The molecule has 2 aromatic carbocycles. The molecular weight excluding hydrogens is 250 g/mol. The van der Waals surface area contributed by atoms with Gasteiger partial charge in [-0.1, -0.05) is 29.8 Å². The number of nitrogens with zero attached hydrogens (tertiary/aromatic N) is 2. The predicted octanol–water partition coefficient (Wildman–Crippen LogP) is 2.63. The third-order valence-corrected chi connectivity index (χ3v) is 2.70. The summed E-state index contributed by atoms with van der Waals surface area (Å²) in [6.07, 6.45) is 1.54. The number of nitrogens with one attached hydrogen (secondary N) is 1. The Hall–Kier alpha value is -2.93. The summed E-state index contributed by atoms with van der Waals surface area (Å²) >= 11 is 0. The molecule has 20 heavy (non-hydrogen) atoms. The molecule has 0 fully saturated rings. The number of rotatable bonds is 3. The number of carbonyl (C=O) groups is 1. The minimum Gasteiger partial charge on any atom is -0.267 e. The zero-order valence-corrected chi connectivity index (χ0v) is 11.0. The highest BCUT2D eigenvalue weighted by Crippen LogP contribution is 2.04. The Morgan fingerprint density at radius 2 is 2.00 bits per heavy atom. The third-order valence-electron chi connectivity index (χ3n) is 2.70. The van der Waals surface area contributed by atoms with Crippen LogP contribution in [0.5, 0.6) is 0 Å². The SMILES string of the molecule is Cc1cccc(C(=O)NN=Cc2ccc(C#N)cc2)c1. The Balaban J connectivity index is 1.99. The van der Waals surface area contributed by atoms with E-state index in [2.05, 4.69) is 10.5 Å². The molecule has 0 spiro atoms. The summed E-state index contributed by atoms with van der Waals surface area (Å²) in [6, 6.07) is 16.3. The van der Waals surface area contributed by atoms with E-state index in [0.717, 1.165) is 11.1 Å². The number of benzene rings is 2. The first-order valence-corrected chi connectivity index (χ1v) is 6.09. The smallest absolute Gasteiger partial charge is 0.267 e. The molecule has 1 amide bonds. The number of hydrogen-bond donors (Lipinski definition) is 1. The molecule has 4 heteroatoms. The van der Waals surface area contributed by atoms with E-state index in [-0.39, 0.29) is 5.91 Å². The molecule has 2 aromatic rings. The maximum Gasteiger partial charge on any atom is 0.271 e. The van der Waals surface area contributed by atoms with Gasteiger partial charge >= 0.3 is 0 Å². The standard InChI is InChI=1S/C16H13N3O/c1-12-3-2-4-15(9-12)16(20)19-18-11-14-7-5-13(10-17)6-8-14/h2-9,11H,1H3,(H,19,20). The van der Waals surface area contributed by atoms with Crippen molar-refractivity contribution in [3.05, 3.63) is 70.8 Å². The van der Waals surface area contributed by atoms with Crippen LogP contribution in [0.1, 0.15) is 27.0 Å². The number of amides is 1. The molecule has 0 aliphatic rings. The number of aryl methyl sites for hydroxylation is 1. The molecule has 98 valence electrons. The quantitative estimate of drug-likeness (QED) is 0.683. The molecule has 2 rings (SSSR count). The van der Waals surface area contributed by atoms with E-state index in [9.17, 15) is 4.79 Å². The number of nitriles is 1. The number of hydrogen-bond acceptors (Lipinski definition) is 3. The summed E-state index contributed by atoms with van der Waals surface area (Å²) in [6.45, 7) is 1.93. The minimum absolute atomic E-state index is 0.251. The van der Waals surface area contributed by atoms with Gasteiger partial charge in [0, 0.05) is 5.56 Å². The molecule has 0 bridgehead atoms. The fraction of sp³-hybridized carbons (Fsp3) is 0.0625. The largest absolute Gasteiger partial charge is 0.271 e. The summed E-state index contributed by atoms with van der Waals surface area (Å²) < 4.78 is 0. The Bertz CT molecular complexity index is 682. The Kier molecular flexibility index (Phi) is 4.25. The molecule has 0 aliphatic heterocycles. The second-order valence-corrected chi connectivity index (χ2v) is 4.30. The van der Waals surface area contributed by atoms with Crippen LogP contribution in [0, 0.1) is 18.3 Å². The lowest BCUT2D eigenvalue weighted by molar-refractivity contribution is 0.0955. The summed E-state index contributed by atoms with van der Waals surface area (Å²) in [5.74, 6) is -0.251. The van der Waals surface area contributed by atoms with Crippen molar-refractivity contribution in [3.63, 3.8) is 0 Å². The second kappa shape index (κ2) is 6.30. The predicted molar refractivity (Wildman–Crippen MR) is 77.4 cm³/mol. The molecule has 0 atom stereocenters. The van der Waals surface area contributed by atoms with E-state index < -0.39 is 0 Å². The van der Waals surface area contributed by atoms with Crippen molar-refractivity contribution in [1.82, 2.24) is 5.43 Å². The van der Waals surface area contributed by atoms with Gasteiger partial charge < -0.3 is 0 Å². The van der Waals surface area contributed by atoms with E-state index in [0.29, 0.717) is 11.1 Å². The molecule has 4 nitrogen and oxygen atoms in total. The maximum absolute atomic E-state index is 11.8. The molecule has 0 saturated heterocycles. The Labute approximate surface area is 117 Å². The van der Waals surface area contributed by atoms with Crippen LogP contribution < -0.4 is 5.43 Å².